The Kier molecular flexibility index (Phi) is 2.57. The molecule has 2 heterocycles. The van der Waals surface area contributed by atoms with E-state index in [1.54, 1.807) is 4.31 Å². The predicted octanol–water partition coefficient (Wildman–Crippen LogP) is -0.124. The molecular formula is C9H18N2O2S. The normalized spacial score (nSPS) is 39.7. The molecule has 1 N–H and O–H groups in total. The molecule has 4 nitrogen and oxygen atoms in total. The molecule has 2 aliphatic heterocycles. The third kappa shape index (κ3) is 1.94. The summed E-state index contributed by atoms with van der Waals surface area (Å²) in [7, 11) is -2.99. The van der Waals surface area contributed by atoms with E-state index in [0.29, 0.717) is 31.0 Å². The van der Waals surface area contributed by atoms with Crippen molar-refractivity contribution in [2.45, 2.75) is 19.4 Å². The smallest absolute Gasteiger partial charge is 0.211 e. The summed E-state index contributed by atoms with van der Waals surface area (Å²) in [6, 6.07) is 0.454. The fraction of sp³-hybridized carbons (Fsp3) is 1.00. The van der Waals surface area contributed by atoms with Gasteiger partial charge in [0.2, 0.25) is 10.0 Å². The molecule has 0 radical (unpaired) electrons. The SMILES string of the molecule is C[C@H]1NC[C@@H]2C[C@H]1CN(S(C)(=O)=O)C2. The molecule has 0 aromatic rings. The average Bonchev–Trinajstić information content (AvgIpc) is 2.10. The van der Waals surface area contributed by atoms with E-state index in [2.05, 4.69) is 12.2 Å². The second kappa shape index (κ2) is 3.47. The number of piperidine rings is 2. The molecule has 5 heteroatoms. The van der Waals surface area contributed by atoms with E-state index in [9.17, 15) is 8.42 Å². The van der Waals surface area contributed by atoms with E-state index in [1.165, 1.54) is 12.7 Å². The van der Waals surface area contributed by atoms with Crippen molar-refractivity contribution in [2.75, 3.05) is 25.9 Å². The maximum atomic E-state index is 11.4. The minimum atomic E-state index is -2.99. The Morgan fingerprint density at radius 1 is 1.36 bits per heavy atom. The fourth-order valence-corrected chi connectivity index (χ4v) is 3.45. The van der Waals surface area contributed by atoms with Gasteiger partial charge in [0, 0.05) is 19.1 Å². The highest BCUT2D eigenvalue weighted by molar-refractivity contribution is 7.88. The Bertz CT molecular complexity index is 315. The molecule has 2 rings (SSSR count). The van der Waals surface area contributed by atoms with Crippen LogP contribution in [0.15, 0.2) is 0 Å². The van der Waals surface area contributed by atoms with Crippen LogP contribution in [-0.4, -0.2) is 44.7 Å². The topological polar surface area (TPSA) is 49.4 Å². The zero-order chi connectivity index (χ0) is 10.3. The Hall–Kier alpha value is -0.130. The molecule has 0 aromatic heterocycles. The van der Waals surface area contributed by atoms with Crippen LogP contribution in [0.4, 0.5) is 0 Å². The third-order valence-electron chi connectivity index (χ3n) is 3.44. The molecule has 2 saturated heterocycles. The first-order valence-electron chi connectivity index (χ1n) is 5.15. The Labute approximate surface area is 85.7 Å². The van der Waals surface area contributed by atoms with Gasteiger partial charge in [-0.3, -0.25) is 0 Å². The second-order valence-electron chi connectivity index (χ2n) is 4.64. The maximum Gasteiger partial charge on any atom is 0.211 e. The predicted molar refractivity (Wildman–Crippen MR) is 55.5 cm³/mol. The van der Waals surface area contributed by atoms with E-state index in [1.807, 2.05) is 0 Å². The van der Waals surface area contributed by atoms with E-state index in [0.717, 1.165) is 6.54 Å². The van der Waals surface area contributed by atoms with Crippen molar-refractivity contribution in [3.05, 3.63) is 0 Å². The highest BCUT2D eigenvalue weighted by Crippen LogP contribution is 2.29. The van der Waals surface area contributed by atoms with Crippen LogP contribution in [0.25, 0.3) is 0 Å². The van der Waals surface area contributed by atoms with Crippen molar-refractivity contribution < 1.29 is 8.42 Å². The van der Waals surface area contributed by atoms with E-state index >= 15 is 0 Å². The lowest BCUT2D eigenvalue weighted by molar-refractivity contribution is 0.125. The van der Waals surface area contributed by atoms with Gasteiger partial charge in [-0.1, -0.05) is 0 Å². The molecule has 0 spiro atoms. The van der Waals surface area contributed by atoms with Crippen LogP contribution in [0.1, 0.15) is 13.3 Å². The molecule has 0 unspecified atom stereocenters. The summed E-state index contributed by atoms with van der Waals surface area (Å²) < 4.78 is 24.5. The summed E-state index contributed by atoms with van der Waals surface area (Å²) in [6.45, 7) is 4.51. The first-order valence-corrected chi connectivity index (χ1v) is 7.00. The number of rotatable bonds is 1. The maximum absolute atomic E-state index is 11.4. The molecule has 0 amide bonds. The van der Waals surface area contributed by atoms with Gasteiger partial charge in [-0.15, -0.1) is 0 Å². The van der Waals surface area contributed by atoms with Gasteiger partial charge in [0.1, 0.15) is 0 Å². The van der Waals surface area contributed by atoms with Crippen molar-refractivity contribution in [3.8, 4) is 0 Å². The standard InChI is InChI=1S/C9H18N2O2S/c1-7-9-3-8(4-10-7)5-11(6-9)14(2,12)13/h7-10H,3-6H2,1-2H3/t7-,8+,9+/m1/s1. The highest BCUT2D eigenvalue weighted by Gasteiger charge is 2.37. The van der Waals surface area contributed by atoms with Gasteiger partial charge >= 0.3 is 0 Å². The van der Waals surface area contributed by atoms with Crippen LogP contribution in [0.3, 0.4) is 0 Å². The molecule has 3 atom stereocenters. The molecular weight excluding hydrogens is 200 g/mol. The van der Waals surface area contributed by atoms with Crippen molar-refractivity contribution in [2.24, 2.45) is 11.8 Å². The highest BCUT2D eigenvalue weighted by atomic mass is 32.2. The summed E-state index contributed by atoms with van der Waals surface area (Å²) in [5.41, 5.74) is 0. The van der Waals surface area contributed by atoms with Crippen molar-refractivity contribution in [1.82, 2.24) is 9.62 Å². The quantitative estimate of drug-likeness (QED) is 0.667. The number of sulfonamides is 1. The Morgan fingerprint density at radius 3 is 2.71 bits per heavy atom. The molecule has 2 bridgehead atoms. The minimum absolute atomic E-state index is 0.454. The average molecular weight is 218 g/mol. The number of nitrogens with zero attached hydrogens (tertiary/aromatic N) is 1. The van der Waals surface area contributed by atoms with Gasteiger partial charge in [0.05, 0.1) is 6.26 Å². The summed E-state index contributed by atoms with van der Waals surface area (Å²) >= 11 is 0. The summed E-state index contributed by atoms with van der Waals surface area (Å²) in [6.07, 6.45) is 2.49. The molecule has 2 aliphatic rings. The van der Waals surface area contributed by atoms with E-state index < -0.39 is 10.0 Å². The van der Waals surface area contributed by atoms with Crippen LogP contribution < -0.4 is 5.32 Å². The lowest BCUT2D eigenvalue weighted by Crippen LogP contribution is -2.56. The number of nitrogens with one attached hydrogen (secondary N) is 1. The summed E-state index contributed by atoms with van der Waals surface area (Å²) in [4.78, 5) is 0. The number of hydrogen-bond acceptors (Lipinski definition) is 3. The van der Waals surface area contributed by atoms with Gasteiger partial charge in [-0.2, -0.15) is 0 Å². The Morgan fingerprint density at radius 2 is 2.07 bits per heavy atom. The zero-order valence-electron chi connectivity index (χ0n) is 8.73. The van der Waals surface area contributed by atoms with Gasteiger partial charge < -0.3 is 5.32 Å². The van der Waals surface area contributed by atoms with Crippen molar-refractivity contribution >= 4 is 10.0 Å². The van der Waals surface area contributed by atoms with Gasteiger partial charge in [-0.25, -0.2) is 12.7 Å². The first-order chi connectivity index (χ1) is 6.47. The van der Waals surface area contributed by atoms with Crippen LogP contribution in [0, 0.1) is 11.8 Å². The van der Waals surface area contributed by atoms with E-state index in [4.69, 9.17) is 0 Å². The largest absolute Gasteiger partial charge is 0.314 e. The van der Waals surface area contributed by atoms with Crippen molar-refractivity contribution in [3.63, 3.8) is 0 Å². The molecule has 0 aromatic carbocycles. The van der Waals surface area contributed by atoms with Gasteiger partial charge in [0.15, 0.2) is 0 Å². The molecule has 14 heavy (non-hydrogen) atoms. The fourth-order valence-electron chi connectivity index (χ4n) is 2.50. The van der Waals surface area contributed by atoms with Gasteiger partial charge in [0.25, 0.3) is 0 Å². The Balaban J connectivity index is 2.13. The summed E-state index contributed by atoms with van der Waals surface area (Å²) in [5.74, 6) is 1.01. The van der Waals surface area contributed by atoms with Crippen molar-refractivity contribution in [1.29, 1.82) is 0 Å². The molecule has 2 fully saturated rings. The molecule has 0 aliphatic carbocycles. The summed E-state index contributed by atoms with van der Waals surface area (Å²) in [5, 5.41) is 3.43. The second-order valence-corrected chi connectivity index (χ2v) is 6.62. The van der Waals surface area contributed by atoms with Gasteiger partial charge in [-0.05, 0) is 31.7 Å². The van der Waals surface area contributed by atoms with E-state index in [-0.39, 0.29) is 0 Å². The number of fused-ring (bicyclic) bond motifs is 2. The third-order valence-corrected chi connectivity index (χ3v) is 4.68. The van der Waals surface area contributed by atoms with Crippen LogP contribution in [0.5, 0.6) is 0 Å². The van der Waals surface area contributed by atoms with Crippen LogP contribution >= 0.6 is 0 Å². The monoisotopic (exact) mass is 218 g/mol. The molecule has 82 valence electrons. The lowest BCUT2D eigenvalue weighted by atomic mass is 9.82. The lowest BCUT2D eigenvalue weighted by Gasteiger charge is -2.43. The first kappa shape index (κ1) is 10.4. The zero-order valence-corrected chi connectivity index (χ0v) is 9.55. The minimum Gasteiger partial charge on any atom is -0.314 e. The molecule has 0 saturated carbocycles. The number of hydrogen-bond donors (Lipinski definition) is 1. The van der Waals surface area contributed by atoms with Crippen LogP contribution in [0.2, 0.25) is 0 Å². The van der Waals surface area contributed by atoms with Crippen LogP contribution in [-0.2, 0) is 10.0 Å².